The first-order chi connectivity index (χ1) is 11.7. The van der Waals surface area contributed by atoms with Gasteiger partial charge in [-0.15, -0.1) is 0 Å². The minimum atomic E-state index is -3.60. The minimum Gasteiger partial charge on any atom is -0.449 e. The van der Waals surface area contributed by atoms with Crippen molar-refractivity contribution in [1.82, 2.24) is 0 Å². The highest BCUT2D eigenvalue weighted by Crippen LogP contribution is 2.31. The van der Waals surface area contributed by atoms with Crippen molar-refractivity contribution in [2.45, 2.75) is 12.7 Å². The van der Waals surface area contributed by atoms with Crippen LogP contribution in [0, 0.1) is 6.92 Å². The molecule has 1 heterocycles. The number of hydrogen-bond acceptors (Lipinski definition) is 4. The monoisotopic (exact) mass is 378 g/mol. The Kier molecular flexibility index (Phi) is 4.55. The first kappa shape index (κ1) is 17.5. The van der Waals surface area contributed by atoms with E-state index >= 15 is 0 Å². The third-order valence-electron chi connectivity index (χ3n) is 3.70. The van der Waals surface area contributed by atoms with Crippen molar-refractivity contribution in [3.63, 3.8) is 0 Å². The second kappa shape index (κ2) is 6.51. The van der Waals surface area contributed by atoms with E-state index in [1.807, 2.05) is 6.07 Å². The molecule has 25 heavy (non-hydrogen) atoms. The van der Waals surface area contributed by atoms with Gasteiger partial charge in [-0.05, 0) is 30.7 Å². The van der Waals surface area contributed by atoms with E-state index in [9.17, 15) is 13.2 Å². The van der Waals surface area contributed by atoms with Gasteiger partial charge in [0.2, 0.25) is 10.0 Å². The van der Waals surface area contributed by atoms with Gasteiger partial charge in [-0.1, -0.05) is 35.9 Å². The zero-order chi connectivity index (χ0) is 18.2. The minimum absolute atomic E-state index is 0.178. The Morgan fingerprint density at radius 3 is 2.48 bits per heavy atom. The maximum Gasteiger partial charge on any atom is 0.291 e. The lowest BCUT2D eigenvalue weighted by molar-refractivity contribution is 0.0998. The molecular weight excluding hydrogens is 364 g/mol. The first-order valence-electron chi connectivity index (χ1n) is 7.33. The number of carbonyl (C=O) groups is 1. The number of hydrogen-bond donors (Lipinski definition) is 2. The molecule has 3 rings (SSSR count). The smallest absolute Gasteiger partial charge is 0.291 e. The molecule has 0 fully saturated rings. The van der Waals surface area contributed by atoms with Crippen molar-refractivity contribution in [3.8, 4) is 0 Å². The van der Waals surface area contributed by atoms with E-state index in [0.29, 0.717) is 27.4 Å². The number of carbonyl (C=O) groups excluding carboxylic acids is 1. The molecule has 1 amide bonds. The van der Waals surface area contributed by atoms with Gasteiger partial charge in [0.05, 0.1) is 10.8 Å². The summed E-state index contributed by atoms with van der Waals surface area (Å²) >= 11 is 6.09. The Balaban J connectivity index is 1.83. The van der Waals surface area contributed by atoms with Crippen LogP contribution in [-0.4, -0.2) is 14.3 Å². The summed E-state index contributed by atoms with van der Waals surface area (Å²) in [4.78, 5) is 12.5. The fourth-order valence-corrected chi connectivity index (χ4v) is 3.40. The van der Waals surface area contributed by atoms with E-state index in [1.165, 1.54) is 0 Å². The van der Waals surface area contributed by atoms with Gasteiger partial charge in [-0.25, -0.2) is 13.6 Å². The zero-order valence-corrected chi connectivity index (χ0v) is 14.8. The fraction of sp³-hybridized carbons (Fsp3) is 0.118. The van der Waals surface area contributed by atoms with E-state index < -0.39 is 15.9 Å². The number of para-hydroxylation sites is 1. The normalized spacial score (nSPS) is 11.6. The quantitative estimate of drug-likeness (QED) is 0.725. The van der Waals surface area contributed by atoms with Crippen molar-refractivity contribution < 1.29 is 17.6 Å². The van der Waals surface area contributed by atoms with Crippen LogP contribution in [0.25, 0.3) is 11.0 Å². The summed E-state index contributed by atoms with van der Waals surface area (Å²) in [6.45, 7) is 1.78. The highest BCUT2D eigenvalue weighted by molar-refractivity contribution is 7.88. The van der Waals surface area contributed by atoms with E-state index in [2.05, 4.69) is 5.32 Å². The lowest BCUT2D eigenvalue weighted by Crippen LogP contribution is -2.15. The van der Waals surface area contributed by atoms with Crippen molar-refractivity contribution in [2.24, 2.45) is 5.14 Å². The Labute approximate surface area is 149 Å². The third kappa shape index (κ3) is 3.84. The topological polar surface area (TPSA) is 102 Å². The van der Waals surface area contributed by atoms with Crippen LogP contribution in [0.2, 0.25) is 5.02 Å². The van der Waals surface area contributed by atoms with Crippen molar-refractivity contribution >= 4 is 44.2 Å². The summed E-state index contributed by atoms with van der Waals surface area (Å²) < 4.78 is 27.8. The molecule has 0 radical (unpaired) electrons. The summed E-state index contributed by atoms with van der Waals surface area (Å²) in [5.41, 5.74) is 2.21. The Bertz CT molecular complexity index is 1060. The first-order valence-corrected chi connectivity index (χ1v) is 9.42. The van der Waals surface area contributed by atoms with Crippen LogP contribution in [0.5, 0.6) is 0 Å². The van der Waals surface area contributed by atoms with Gasteiger partial charge >= 0.3 is 0 Å². The molecule has 0 aliphatic rings. The Morgan fingerprint density at radius 2 is 1.88 bits per heavy atom. The number of sulfonamides is 1. The number of nitrogens with two attached hydrogens (primary N) is 1. The zero-order valence-electron chi connectivity index (χ0n) is 13.2. The standard InChI is InChI=1S/C17H15ClN2O4S/c1-10-13-3-2-4-14(18)16(13)24-15(10)17(21)20-12-7-5-11(6-8-12)9-25(19,22)23/h2-8H,9H2,1H3,(H,20,21)(H2,19,22,23). The predicted molar refractivity (Wildman–Crippen MR) is 97.2 cm³/mol. The summed E-state index contributed by atoms with van der Waals surface area (Å²) in [6.07, 6.45) is 0. The molecule has 0 aliphatic carbocycles. The molecule has 0 bridgehead atoms. The maximum atomic E-state index is 12.5. The molecule has 0 saturated heterocycles. The SMILES string of the molecule is Cc1c(C(=O)Nc2ccc(CS(N)(=O)=O)cc2)oc2c(Cl)cccc12. The highest BCUT2D eigenvalue weighted by atomic mass is 35.5. The second-order valence-corrected chi connectivity index (χ2v) is 7.65. The number of halogens is 1. The number of fused-ring (bicyclic) bond motifs is 1. The molecule has 0 atom stereocenters. The predicted octanol–water partition coefficient (Wildman–Crippen LogP) is 3.44. The van der Waals surface area contributed by atoms with Crippen molar-refractivity contribution in [2.75, 3.05) is 5.32 Å². The van der Waals surface area contributed by atoms with Gasteiger partial charge in [-0.3, -0.25) is 4.79 Å². The molecule has 0 unspecified atom stereocenters. The number of furan rings is 1. The van der Waals surface area contributed by atoms with Gasteiger partial charge in [-0.2, -0.15) is 0 Å². The number of nitrogens with one attached hydrogen (secondary N) is 1. The summed E-state index contributed by atoms with van der Waals surface area (Å²) in [5.74, 6) is -0.497. The molecule has 0 saturated carbocycles. The van der Waals surface area contributed by atoms with Crippen LogP contribution < -0.4 is 10.5 Å². The van der Waals surface area contributed by atoms with Gasteiger partial charge < -0.3 is 9.73 Å². The lowest BCUT2D eigenvalue weighted by atomic mass is 10.1. The molecule has 6 nitrogen and oxygen atoms in total. The average molecular weight is 379 g/mol. The largest absolute Gasteiger partial charge is 0.449 e. The highest BCUT2D eigenvalue weighted by Gasteiger charge is 2.19. The Hall–Kier alpha value is -2.35. The van der Waals surface area contributed by atoms with Gasteiger partial charge in [0.1, 0.15) is 0 Å². The summed E-state index contributed by atoms with van der Waals surface area (Å²) in [5, 5.41) is 8.94. The molecule has 1 aromatic heterocycles. The van der Waals surface area contributed by atoms with E-state index in [0.717, 1.165) is 5.39 Å². The number of anilines is 1. The van der Waals surface area contributed by atoms with Crippen molar-refractivity contribution in [3.05, 3.63) is 64.4 Å². The molecular formula is C17H15ClN2O4S. The number of primary sulfonamides is 1. The van der Waals surface area contributed by atoms with Crippen molar-refractivity contribution in [1.29, 1.82) is 0 Å². The Morgan fingerprint density at radius 1 is 1.20 bits per heavy atom. The average Bonchev–Trinajstić information content (AvgIpc) is 2.87. The maximum absolute atomic E-state index is 12.5. The van der Waals surface area contributed by atoms with E-state index in [-0.39, 0.29) is 11.5 Å². The molecule has 0 spiro atoms. The van der Waals surface area contributed by atoms with Gasteiger partial charge in [0.15, 0.2) is 11.3 Å². The molecule has 130 valence electrons. The number of aryl methyl sites for hydroxylation is 1. The van der Waals surface area contributed by atoms with E-state index in [4.69, 9.17) is 21.2 Å². The molecule has 0 aliphatic heterocycles. The third-order valence-corrected chi connectivity index (χ3v) is 4.73. The molecule has 3 aromatic rings. The number of rotatable bonds is 4. The van der Waals surface area contributed by atoms with Crippen LogP contribution >= 0.6 is 11.6 Å². The van der Waals surface area contributed by atoms with Crippen LogP contribution in [0.3, 0.4) is 0 Å². The molecule has 3 N–H and O–H groups in total. The van der Waals surface area contributed by atoms with Crippen LogP contribution in [-0.2, 0) is 15.8 Å². The van der Waals surface area contributed by atoms with Crippen LogP contribution in [0.4, 0.5) is 5.69 Å². The van der Waals surface area contributed by atoms with Gasteiger partial charge in [0, 0.05) is 16.6 Å². The van der Waals surface area contributed by atoms with Gasteiger partial charge in [0.25, 0.3) is 5.91 Å². The lowest BCUT2D eigenvalue weighted by Gasteiger charge is -2.05. The van der Waals surface area contributed by atoms with Crippen LogP contribution in [0.1, 0.15) is 21.7 Å². The second-order valence-electron chi connectivity index (χ2n) is 5.63. The molecule has 2 aromatic carbocycles. The number of amides is 1. The molecule has 8 heteroatoms. The van der Waals surface area contributed by atoms with E-state index in [1.54, 1.807) is 43.3 Å². The van der Waals surface area contributed by atoms with Crippen LogP contribution in [0.15, 0.2) is 46.9 Å². The summed E-state index contributed by atoms with van der Waals surface area (Å²) in [6, 6.07) is 11.7. The summed E-state index contributed by atoms with van der Waals surface area (Å²) in [7, 11) is -3.60. The number of benzene rings is 2. The fourth-order valence-electron chi connectivity index (χ4n) is 2.53.